The number of aromatic amines is 1. The number of hydrogen-bond donors (Lipinski definition) is 2. The van der Waals surface area contributed by atoms with E-state index >= 15 is 0 Å². The van der Waals surface area contributed by atoms with Gasteiger partial charge in [0.2, 0.25) is 5.95 Å². The Kier molecular flexibility index (Phi) is 4.60. The molecule has 0 fully saturated rings. The third-order valence-electron chi connectivity index (χ3n) is 3.45. The second-order valence-electron chi connectivity index (χ2n) is 5.19. The number of benzene rings is 1. The Morgan fingerprint density at radius 3 is 3.00 bits per heavy atom. The third kappa shape index (κ3) is 3.36. The lowest BCUT2D eigenvalue weighted by molar-refractivity contribution is -0.384. The first-order chi connectivity index (χ1) is 12.5. The van der Waals surface area contributed by atoms with E-state index in [1.54, 1.807) is 19.1 Å². The van der Waals surface area contributed by atoms with Crippen LogP contribution in [0.1, 0.15) is 22.8 Å². The van der Waals surface area contributed by atoms with Gasteiger partial charge in [-0.15, -0.1) is 0 Å². The van der Waals surface area contributed by atoms with Crippen molar-refractivity contribution in [1.82, 2.24) is 19.6 Å². The Labute approximate surface area is 145 Å². The van der Waals surface area contributed by atoms with Gasteiger partial charge in [-0.2, -0.15) is 9.50 Å². The van der Waals surface area contributed by atoms with Crippen molar-refractivity contribution >= 4 is 23.4 Å². The molecule has 0 unspecified atom stereocenters. The fourth-order valence-electron chi connectivity index (χ4n) is 2.25. The Morgan fingerprint density at radius 1 is 1.46 bits per heavy atom. The van der Waals surface area contributed by atoms with E-state index in [9.17, 15) is 19.7 Å². The zero-order valence-electron chi connectivity index (χ0n) is 13.6. The van der Waals surface area contributed by atoms with Gasteiger partial charge in [0.15, 0.2) is 0 Å². The fourth-order valence-corrected chi connectivity index (χ4v) is 2.25. The molecule has 2 N–H and O–H groups in total. The maximum Gasteiger partial charge on any atom is 0.345 e. The van der Waals surface area contributed by atoms with Gasteiger partial charge in [-0.05, 0) is 12.5 Å². The molecule has 2 heterocycles. The van der Waals surface area contributed by atoms with Crippen LogP contribution < -0.4 is 10.9 Å². The Morgan fingerprint density at radius 2 is 2.27 bits per heavy atom. The number of anilines is 1. The van der Waals surface area contributed by atoms with E-state index in [1.165, 1.54) is 12.1 Å². The number of esters is 1. The van der Waals surface area contributed by atoms with E-state index in [0.717, 1.165) is 10.7 Å². The van der Waals surface area contributed by atoms with Crippen LogP contribution in [-0.2, 0) is 11.3 Å². The summed E-state index contributed by atoms with van der Waals surface area (Å²) in [7, 11) is 0. The standard InChI is InChI=1S/C15H14N6O5/c1-2-26-13(23)11-8-17-15-18-14(19-20(15)12(11)22)16-7-9-4-3-5-10(6-9)21(24)25/h3-6,8H,2,7H2,1H3,(H2,16,17,18,19). The summed E-state index contributed by atoms with van der Waals surface area (Å²) < 4.78 is 5.82. The number of non-ortho nitro benzene ring substituents is 1. The van der Waals surface area contributed by atoms with Crippen molar-refractivity contribution < 1.29 is 14.5 Å². The Bertz CT molecular complexity index is 1040. The van der Waals surface area contributed by atoms with E-state index in [4.69, 9.17) is 4.74 Å². The molecular formula is C15H14N6O5. The number of rotatable bonds is 6. The molecule has 11 nitrogen and oxygen atoms in total. The highest BCUT2D eigenvalue weighted by Gasteiger charge is 2.16. The first kappa shape index (κ1) is 17.1. The predicted octanol–water partition coefficient (Wildman–Crippen LogP) is 1.11. The van der Waals surface area contributed by atoms with Crippen LogP contribution in [0, 0.1) is 10.1 Å². The SMILES string of the molecule is CCOC(=O)c1cnc2nc(NCc3cccc([N+](=O)[O-])c3)[nH]n2c1=O. The van der Waals surface area contributed by atoms with Gasteiger partial charge >= 0.3 is 5.97 Å². The van der Waals surface area contributed by atoms with Crippen molar-refractivity contribution in [2.24, 2.45) is 0 Å². The number of nitrogens with zero attached hydrogens (tertiary/aromatic N) is 4. The summed E-state index contributed by atoms with van der Waals surface area (Å²) in [5, 5.41) is 16.4. The highest BCUT2D eigenvalue weighted by molar-refractivity contribution is 5.88. The van der Waals surface area contributed by atoms with Gasteiger partial charge in [-0.1, -0.05) is 12.1 Å². The fraction of sp³-hybridized carbons (Fsp3) is 0.200. The molecule has 0 radical (unpaired) electrons. The molecule has 0 spiro atoms. The van der Waals surface area contributed by atoms with Gasteiger partial charge in [-0.3, -0.25) is 20.0 Å². The summed E-state index contributed by atoms with van der Waals surface area (Å²) in [5.74, 6) is -0.466. The highest BCUT2D eigenvalue weighted by Crippen LogP contribution is 2.14. The molecule has 3 rings (SSSR count). The molecule has 0 saturated heterocycles. The zero-order valence-corrected chi connectivity index (χ0v) is 13.6. The maximum absolute atomic E-state index is 12.3. The highest BCUT2D eigenvalue weighted by atomic mass is 16.6. The zero-order chi connectivity index (χ0) is 18.7. The number of carbonyl (C=O) groups excluding carboxylic acids is 1. The summed E-state index contributed by atoms with van der Waals surface area (Å²) in [4.78, 5) is 42.4. The van der Waals surface area contributed by atoms with Gasteiger partial charge < -0.3 is 10.1 Å². The molecule has 3 aromatic rings. The van der Waals surface area contributed by atoms with Gasteiger partial charge in [-0.25, -0.2) is 9.78 Å². The van der Waals surface area contributed by atoms with Crippen molar-refractivity contribution in [1.29, 1.82) is 0 Å². The molecule has 0 bridgehead atoms. The molecule has 134 valence electrons. The largest absolute Gasteiger partial charge is 0.462 e. The minimum absolute atomic E-state index is 0.0223. The van der Waals surface area contributed by atoms with E-state index in [-0.39, 0.29) is 36.1 Å². The molecule has 1 aromatic carbocycles. The minimum Gasteiger partial charge on any atom is -0.462 e. The minimum atomic E-state index is -0.764. The Balaban J connectivity index is 1.82. The van der Waals surface area contributed by atoms with Crippen LogP contribution in [-0.4, -0.2) is 37.1 Å². The second kappa shape index (κ2) is 7.01. The normalized spacial score (nSPS) is 10.7. The average molecular weight is 358 g/mol. The smallest absolute Gasteiger partial charge is 0.345 e. The number of nitro benzene ring substituents is 1. The van der Waals surface area contributed by atoms with E-state index in [1.807, 2.05) is 0 Å². The topological polar surface area (TPSA) is 145 Å². The van der Waals surface area contributed by atoms with Crippen LogP contribution in [0.25, 0.3) is 5.78 Å². The lowest BCUT2D eigenvalue weighted by atomic mass is 10.2. The van der Waals surface area contributed by atoms with Crippen LogP contribution in [0.3, 0.4) is 0 Å². The first-order valence-electron chi connectivity index (χ1n) is 7.61. The molecule has 0 atom stereocenters. The molecule has 2 aromatic heterocycles. The summed E-state index contributed by atoms with van der Waals surface area (Å²) in [5.41, 5.74) is -0.208. The number of H-pyrrole nitrogens is 1. The van der Waals surface area contributed by atoms with E-state index in [0.29, 0.717) is 5.56 Å². The van der Waals surface area contributed by atoms with Crippen LogP contribution in [0.2, 0.25) is 0 Å². The molecular weight excluding hydrogens is 344 g/mol. The van der Waals surface area contributed by atoms with Crippen LogP contribution in [0.4, 0.5) is 11.6 Å². The molecule has 0 aliphatic rings. The number of hydrogen-bond acceptors (Lipinski definition) is 8. The van der Waals surface area contributed by atoms with Crippen molar-refractivity contribution in [3.8, 4) is 0 Å². The molecule has 26 heavy (non-hydrogen) atoms. The van der Waals surface area contributed by atoms with Gasteiger partial charge in [0, 0.05) is 18.7 Å². The van der Waals surface area contributed by atoms with Crippen LogP contribution >= 0.6 is 0 Å². The van der Waals surface area contributed by atoms with E-state index in [2.05, 4.69) is 20.4 Å². The molecule has 0 aliphatic heterocycles. The number of aromatic nitrogens is 4. The summed E-state index contributed by atoms with van der Waals surface area (Å²) in [6, 6.07) is 6.11. The second-order valence-corrected chi connectivity index (χ2v) is 5.19. The lowest BCUT2D eigenvalue weighted by Gasteiger charge is -2.02. The Hall–Kier alpha value is -3.76. The van der Waals surface area contributed by atoms with Crippen molar-refractivity contribution in [2.45, 2.75) is 13.5 Å². The number of ether oxygens (including phenoxy) is 1. The van der Waals surface area contributed by atoms with Gasteiger partial charge in [0.05, 0.1) is 17.7 Å². The summed E-state index contributed by atoms with van der Waals surface area (Å²) >= 11 is 0. The summed E-state index contributed by atoms with van der Waals surface area (Å²) in [6.07, 6.45) is 1.11. The molecule has 11 heteroatoms. The number of nitro groups is 1. The average Bonchev–Trinajstić information content (AvgIpc) is 3.05. The van der Waals surface area contributed by atoms with E-state index < -0.39 is 16.5 Å². The third-order valence-corrected chi connectivity index (χ3v) is 3.45. The van der Waals surface area contributed by atoms with Crippen molar-refractivity contribution in [2.75, 3.05) is 11.9 Å². The monoisotopic (exact) mass is 358 g/mol. The number of nitrogens with one attached hydrogen (secondary N) is 2. The van der Waals surface area contributed by atoms with Crippen LogP contribution in [0.5, 0.6) is 0 Å². The van der Waals surface area contributed by atoms with Crippen molar-refractivity contribution in [3.63, 3.8) is 0 Å². The predicted molar refractivity (Wildman–Crippen MR) is 90.0 cm³/mol. The van der Waals surface area contributed by atoms with Gasteiger partial charge in [0.25, 0.3) is 17.0 Å². The van der Waals surface area contributed by atoms with Crippen LogP contribution in [0.15, 0.2) is 35.3 Å². The lowest BCUT2D eigenvalue weighted by Crippen LogP contribution is -2.24. The maximum atomic E-state index is 12.3. The molecule has 0 aliphatic carbocycles. The molecule has 0 amide bonds. The number of fused-ring (bicyclic) bond motifs is 1. The first-order valence-corrected chi connectivity index (χ1v) is 7.61. The van der Waals surface area contributed by atoms with Crippen molar-refractivity contribution in [3.05, 3.63) is 62.1 Å². The van der Waals surface area contributed by atoms with Gasteiger partial charge in [0.1, 0.15) is 5.56 Å². The quantitative estimate of drug-likeness (QED) is 0.379. The molecule has 0 saturated carbocycles. The number of carbonyl (C=O) groups is 1. The summed E-state index contributed by atoms with van der Waals surface area (Å²) in [6.45, 7) is 2.01.